The quantitative estimate of drug-likeness (QED) is 0.268. The second-order valence-corrected chi connectivity index (χ2v) is 12.6. The first kappa shape index (κ1) is 28.0. The number of ether oxygens (including phenoxy) is 1. The average Bonchev–Trinajstić information content (AvgIpc) is 3.76. The van der Waals surface area contributed by atoms with E-state index in [1.807, 2.05) is 22.5 Å². The van der Waals surface area contributed by atoms with Crippen molar-refractivity contribution in [3.63, 3.8) is 0 Å². The molecule has 10 heteroatoms. The van der Waals surface area contributed by atoms with E-state index >= 15 is 0 Å². The summed E-state index contributed by atoms with van der Waals surface area (Å²) in [5, 5.41) is 10.3. The van der Waals surface area contributed by atoms with Gasteiger partial charge >= 0.3 is 0 Å². The van der Waals surface area contributed by atoms with E-state index in [0.717, 1.165) is 58.8 Å². The summed E-state index contributed by atoms with van der Waals surface area (Å²) in [6, 6.07) is 5.85. The number of hydrogen-bond acceptors (Lipinski definition) is 6. The van der Waals surface area contributed by atoms with E-state index in [1.54, 1.807) is 0 Å². The SMILES string of the molecule is C=CC(=O)N1CC2COc3c(c4cc(Cl)c(-c5c(C)ccc6[nH]nc(C7CC7)c56)nc4n(C(CC)CC)c3=O)N2CC1C. The molecule has 7 rings (SSSR count). The fourth-order valence-corrected chi connectivity index (χ4v) is 7.35. The molecule has 0 radical (unpaired) electrons. The number of nitrogens with zero attached hydrogens (tertiary/aromatic N) is 5. The summed E-state index contributed by atoms with van der Waals surface area (Å²) in [6.45, 7) is 13.3. The van der Waals surface area contributed by atoms with E-state index < -0.39 is 0 Å². The predicted molar refractivity (Wildman–Crippen MR) is 170 cm³/mol. The van der Waals surface area contributed by atoms with Crippen molar-refractivity contribution >= 4 is 45.1 Å². The van der Waals surface area contributed by atoms with Gasteiger partial charge in [-0.25, -0.2) is 4.98 Å². The number of carbonyl (C=O) groups is 1. The molecule has 1 amide bonds. The first-order valence-corrected chi connectivity index (χ1v) is 15.7. The zero-order chi connectivity index (χ0) is 30.2. The lowest BCUT2D eigenvalue weighted by molar-refractivity contribution is -0.129. The Hall–Kier alpha value is -3.85. The molecule has 43 heavy (non-hydrogen) atoms. The number of benzene rings is 1. The Kier molecular flexibility index (Phi) is 6.76. The number of rotatable bonds is 6. The van der Waals surface area contributed by atoms with Crippen LogP contribution in [0.15, 0.2) is 35.6 Å². The summed E-state index contributed by atoms with van der Waals surface area (Å²) in [4.78, 5) is 36.3. The molecule has 2 aliphatic heterocycles. The number of aromatic amines is 1. The maximum Gasteiger partial charge on any atom is 0.297 e. The van der Waals surface area contributed by atoms with Crippen LogP contribution in [0.25, 0.3) is 33.2 Å². The number of halogens is 1. The number of piperazine rings is 1. The Balaban J connectivity index is 1.50. The fourth-order valence-electron chi connectivity index (χ4n) is 7.11. The van der Waals surface area contributed by atoms with E-state index in [4.69, 9.17) is 21.3 Å². The number of nitrogens with one attached hydrogen (secondary N) is 1. The highest BCUT2D eigenvalue weighted by Crippen LogP contribution is 2.47. The zero-order valence-electron chi connectivity index (χ0n) is 25.1. The Morgan fingerprint density at radius 3 is 2.72 bits per heavy atom. The van der Waals surface area contributed by atoms with Crippen LogP contribution < -0.4 is 15.2 Å². The zero-order valence-corrected chi connectivity index (χ0v) is 25.9. The second kappa shape index (κ2) is 10.4. The van der Waals surface area contributed by atoms with Gasteiger partial charge in [-0.3, -0.25) is 19.3 Å². The first-order chi connectivity index (χ1) is 20.8. The van der Waals surface area contributed by atoms with Crippen molar-refractivity contribution in [3.8, 4) is 17.0 Å². The number of pyridine rings is 2. The largest absolute Gasteiger partial charge is 0.484 e. The van der Waals surface area contributed by atoms with E-state index in [2.05, 4.69) is 54.6 Å². The number of carbonyl (C=O) groups excluding carboxylic acids is 1. The highest BCUT2D eigenvalue weighted by atomic mass is 35.5. The molecule has 1 N–H and O–H groups in total. The van der Waals surface area contributed by atoms with E-state index in [9.17, 15) is 9.59 Å². The third-order valence-corrected chi connectivity index (χ3v) is 9.84. The summed E-state index contributed by atoms with van der Waals surface area (Å²) in [6.07, 6.45) is 5.15. The van der Waals surface area contributed by atoms with Crippen molar-refractivity contribution in [3.05, 3.63) is 57.5 Å². The van der Waals surface area contributed by atoms with E-state index in [1.165, 1.54) is 6.08 Å². The van der Waals surface area contributed by atoms with Crippen molar-refractivity contribution in [1.29, 1.82) is 0 Å². The van der Waals surface area contributed by atoms with Gasteiger partial charge in [0, 0.05) is 47.4 Å². The Labute approximate surface area is 255 Å². The van der Waals surface area contributed by atoms with Gasteiger partial charge < -0.3 is 14.5 Å². The van der Waals surface area contributed by atoms with Crippen molar-refractivity contribution in [2.24, 2.45) is 0 Å². The number of amides is 1. The van der Waals surface area contributed by atoms with E-state index in [-0.39, 0.29) is 29.6 Å². The molecule has 224 valence electrons. The van der Waals surface area contributed by atoms with Crippen LogP contribution in [0.3, 0.4) is 0 Å². The Morgan fingerprint density at radius 2 is 2.02 bits per heavy atom. The molecule has 0 bridgehead atoms. The molecular formula is C33H37ClN6O3. The van der Waals surface area contributed by atoms with Gasteiger partial charge in [-0.15, -0.1) is 0 Å². The third-order valence-electron chi connectivity index (χ3n) is 9.55. The molecule has 9 nitrogen and oxygen atoms in total. The van der Waals surface area contributed by atoms with Crippen LogP contribution in [0.1, 0.15) is 69.7 Å². The molecule has 1 saturated carbocycles. The number of hydrogen-bond donors (Lipinski definition) is 1. The number of fused-ring (bicyclic) bond motifs is 6. The van der Waals surface area contributed by atoms with Crippen LogP contribution >= 0.6 is 11.6 Å². The molecule has 1 aliphatic carbocycles. The molecule has 1 saturated heterocycles. The van der Waals surface area contributed by atoms with Crippen LogP contribution in [0, 0.1) is 6.92 Å². The number of aryl methyl sites for hydroxylation is 1. The normalized spacial score (nSPS) is 20.0. The van der Waals surface area contributed by atoms with Gasteiger partial charge in [0.05, 0.1) is 33.7 Å². The summed E-state index contributed by atoms with van der Waals surface area (Å²) >= 11 is 7.19. The van der Waals surface area contributed by atoms with Gasteiger partial charge in [-0.05, 0) is 63.3 Å². The second-order valence-electron chi connectivity index (χ2n) is 12.2. The number of aromatic nitrogens is 4. The monoisotopic (exact) mass is 600 g/mol. The minimum absolute atomic E-state index is 0.0584. The smallest absolute Gasteiger partial charge is 0.297 e. The number of anilines is 1. The Morgan fingerprint density at radius 1 is 1.26 bits per heavy atom. The maximum atomic E-state index is 14.3. The maximum absolute atomic E-state index is 14.3. The van der Waals surface area contributed by atoms with Crippen LogP contribution in [0.4, 0.5) is 5.69 Å². The molecular weight excluding hydrogens is 564 g/mol. The van der Waals surface area contributed by atoms with Crippen LogP contribution in [-0.4, -0.2) is 62.3 Å². The molecule has 5 heterocycles. The number of H-pyrrole nitrogens is 1. The summed E-state index contributed by atoms with van der Waals surface area (Å²) in [5.41, 5.74) is 5.83. The minimum Gasteiger partial charge on any atom is -0.484 e. The van der Waals surface area contributed by atoms with Crippen molar-refractivity contribution < 1.29 is 9.53 Å². The molecule has 4 aromatic rings. The van der Waals surface area contributed by atoms with Gasteiger partial charge in [-0.1, -0.05) is 38.1 Å². The topological polar surface area (TPSA) is 96.3 Å². The Bertz CT molecular complexity index is 1850. The summed E-state index contributed by atoms with van der Waals surface area (Å²) < 4.78 is 8.08. The average molecular weight is 601 g/mol. The van der Waals surface area contributed by atoms with Gasteiger partial charge in [0.15, 0.2) is 0 Å². The summed E-state index contributed by atoms with van der Waals surface area (Å²) in [7, 11) is 0. The van der Waals surface area contributed by atoms with Crippen LogP contribution in [0.5, 0.6) is 5.75 Å². The highest BCUT2D eigenvalue weighted by molar-refractivity contribution is 6.34. The molecule has 2 unspecified atom stereocenters. The van der Waals surface area contributed by atoms with Crippen molar-refractivity contribution in [2.45, 2.75) is 77.4 Å². The summed E-state index contributed by atoms with van der Waals surface area (Å²) in [5.74, 6) is 0.669. The molecule has 0 spiro atoms. The van der Waals surface area contributed by atoms with E-state index in [0.29, 0.717) is 53.4 Å². The molecule has 2 fully saturated rings. The molecule has 3 aliphatic rings. The first-order valence-electron chi connectivity index (χ1n) is 15.4. The van der Waals surface area contributed by atoms with Gasteiger partial charge in [0.25, 0.3) is 5.56 Å². The fraction of sp³-hybridized carbons (Fsp3) is 0.455. The van der Waals surface area contributed by atoms with Crippen molar-refractivity contribution in [2.75, 3.05) is 24.6 Å². The lowest BCUT2D eigenvalue weighted by atomic mass is 9.96. The molecule has 3 aromatic heterocycles. The highest BCUT2D eigenvalue weighted by Gasteiger charge is 2.41. The lowest BCUT2D eigenvalue weighted by Crippen LogP contribution is -2.62. The van der Waals surface area contributed by atoms with Crippen LogP contribution in [-0.2, 0) is 4.79 Å². The molecule has 2 atom stereocenters. The lowest BCUT2D eigenvalue weighted by Gasteiger charge is -2.48. The predicted octanol–water partition coefficient (Wildman–Crippen LogP) is 6.12. The third kappa shape index (κ3) is 4.26. The molecule has 1 aromatic carbocycles. The van der Waals surface area contributed by atoms with Crippen LogP contribution in [0.2, 0.25) is 5.02 Å². The van der Waals surface area contributed by atoms with Gasteiger partial charge in [0.2, 0.25) is 11.7 Å². The van der Waals surface area contributed by atoms with Crippen molar-refractivity contribution in [1.82, 2.24) is 24.6 Å². The van der Waals surface area contributed by atoms with Gasteiger partial charge in [0.1, 0.15) is 12.3 Å². The van der Waals surface area contributed by atoms with Gasteiger partial charge in [-0.2, -0.15) is 5.10 Å². The standard InChI is InChI=1S/C33H37ClN6O3/c1-6-20(7-2)40-32-22(30-31(33(40)42)43-16-21-15-38(25(41)8-3)18(5)14-39(21)30)13-23(34)29(35-32)26-17(4)9-12-24-27(26)28(37-36-24)19-10-11-19/h8-9,12-13,18-21H,3,6-7,10-11,14-16H2,1-2,4-5H3,(H,36,37). The minimum atomic E-state index is -0.176.